The van der Waals surface area contributed by atoms with Gasteiger partial charge in [-0.3, -0.25) is 5.32 Å². The number of ether oxygens (including phenoxy) is 1. The molecule has 2 saturated heterocycles. The second-order valence-electron chi connectivity index (χ2n) is 12.8. The average Bonchev–Trinajstić information content (AvgIpc) is 3.16. The van der Waals surface area contributed by atoms with Crippen LogP contribution < -0.4 is 5.32 Å². The summed E-state index contributed by atoms with van der Waals surface area (Å²) >= 11 is 0. The van der Waals surface area contributed by atoms with Gasteiger partial charge in [-0.15, -0.1) is 0 Å². The molecule has 0 amide bonds. The molecular formula is C27H43NO2. The first-order valence-electron chi connectivity index (χ1n) is 13.1. The molecule has 0 aromatic heterocycles. The Morgan fingerprint density at radius 1 is 1.07 bits per heavy atom. The van der Waals surface area contributed by atoms with Crippen LogP contribution in [0.3, 0.4) is 0 Å². The van der Waals surface area contributed by atoms with Crippen molar-refractivity contribution in [3.63, 3.8) is 0 Å². The summed E-state index contributed by atoms with van der Waals surface area (Å²) in [5.41, 5.74) is 2.33. The van der Waals surface area contributed by atoms with E-state index in [1.54, 1.807) is 5.57 Å². The molecule has 0 radical (unpaired) electrons. The molecule has 0 aromatic carbocycles. The van der Waals surface area contributed by atoms with Crippen molar-refractivity contribution in [1.29, 1.82) is 0 Å². The third kappa shape index (κ3) is 2.55. The number of hydrogen-bond donors (Lipinski definition) is 2. The molecule has 30 heavy (non-hydrogen) atoms. The zero-order valence-corrected chi connectivity index (χ0v) is 19.6. The number of fused-ring (bicyclic) bond motifs is 7. The number of allylic oxidation sites excluding steroid dienone is 1. The number of rotatable bonds is 0. The van der Waals surface area contributed by atoms with Crippen LogP contribution in [0, 0.1) is 46.3 Å². The van der Waals surface area contributed by atoms with Crippen LogP contribution in [-0.4, -0.2) is 29.6 Å². The van der Waals surface area contributed by atoms with Gasteiger partial charge in [0.05, 0.1) is 12.2 Å². The maximum absolute atomic E-state index is 10.3. The lowest BCUT2D eigenvalue weighted by Crippen LogP contribution is -2.57. The average molecular weight is 414 g/mol. The largest absolute Gasteiger partial charge is 0.393 e. The molecule has 6 aliphatic rings. The number of hydrogen-bond acceptors (Lipinski definition) is 3. The molecular weight excluding hydrogens is 370 g/mol. The fourth-order valence-corrected chi connectivity index (χ4v) is 9.84. The predicted molar refractivity (Wildman–Crippen MR) is 120 cm³/mol. The van der Waals surface area contributed by atoms with E-state index in [0.29, 0.717) is 22.9 Å². The van der Waals surface area contributed by atoms with Crippen molar-refractivity contribution in [2.75, 3.05) is 6.54 Å². The fraction of sp³-hybridized carbons (Fsp3) is 0.926. The highest BCUT2D eigenvalue weighted by Crippen LogP contribution is 2.70. The molecule has 2 heterocycles. The third-order valence-corrected chi connectivity index (χ3v) is 11.6. The summed E-state index contributed by atoms with van der Waals surface area (Å²) in [5.74, 6) is 4.58. The summed E-state index contributed by atoms with van der Waals surface area (Å²) in [4.78, 5) is 0. The second kappa shape index (κ2) is 6.58. The minimum Gasteiger partial charge on any atom is -0.393 e. The normalized spacial score (nSPS) is 59.8. The molecule has 11 atom stereocenters. The Hall–Kier alpha value is -0.380. The van der Waals surface area contributed by atoms with Gasteiger partial charge in [-0.05, 0) is 98.2 Å². The molecule has 6 rings (SSSR count). The Balaban J connectivity index is 1.28. The van der Waals surface area contributed by atoms with Gasteiger partial charge in [0.15, 0.2) is 0 Å². The minimum absolute atomic E-state index is 0.0439. The van der Waals surface area contributed by atoms with E-state index < -0.39 is 0 Å². The lowest BCUT2D eigenvalue weighted by Gasteiger charge is -2.58. The van der Waals surface area contributed by atoms with Crippen molar-refractivity contribution in [1.82, 2.24) is 5.32 Å². The van der Waals surface area contributed by atoms with Gasteiger partial charge in [0.1, 0.15) is 5.72 Å². The lowest BCUT2D eigenvalue weighted by molar-refractivity contribution is -0.115. The van der Waals surface area contributed by atoms with Gasteiger partial charge >= 0.3 is 0 Å². The summed E-state index contributed by atoms with van der Waals surface area (Å²) in [6, 6.07) is 0. The number of aliphatic hydroxyl groups excluding tert-OH is 1. The molecule has 4 aliphatic carbocycles. The van der Waals surface area contributed by atoms with Crippen LogP contribution >= 0.6 is 0 Å². The molecule has 1 spiro atoms. The van der Waals surface area contributed by atoms with E-state index in [1.807, 2.05) is 0 Å². The van der Waals surface area contributed by atoms with Crippen LogP contribution in [-0.2, 0) is 4.74 Å². The van der Waals surface area contributed by atoms with Crippen molar-refractivity contribution in [3.8, 4) is 0 Å². The van der Waals surface area contributed by atoms with Crippen LogP contribution in [0.15, 0.2) is 11.6 Å². The standard InChI is InChI=1S/C27H43NO2/c1-16-7-12-27(28-15-16)17(2)24-23(30-27)14-22-20-6-5-18-13-19(29)8-10-25(18,3)21(20)9-11-26(22,24)4/h5,16-17,19-24,28-29H,6-15H2,1-4H3/t16?,17-,19?,20+,21-,22-,23-,24-,25-,26-,27+/m0/s1. The van der Waals surface area contributed by atoms with E-state index in [4.69, 9.17) is 4.74 Å². The molecule has 2 unspecified atom stereocenters. The van der Waals surface area contributed by atoms with Crippen molar-refractivity contribution in [2.24, 2.45) is 46.3 Å². The van der Waals surface area contributed by atoms with Gasteiger partial charge < -0.3 is 9.84 Å². The first-order valence-corrected chi connectivity index (χ1v) is 13.1. The Bertz CT molecular complexity index is 739. The van der Waals surface area contributed by atoms with E-state index in [0.717, 1.165) is 49.0 Å². The van der Waals surface area contributed by atoms with Crippen LogP contribution in [0.1, 0.15) is 85.5 Å². The maximum Gasteiger partial charge on any atom is 0.122 e. The first kappa shape index (κ1) is 20.2. The molecule has 0 bridgehead atoms. The predicted octanol–water partition coefficient (Wildman–Crippen LogP) is 5.29. The number of aliphatic hydroxyl groups is 1. The summed E-state index contributed by atoms with van der Waals surface area (Å²) in [6.45, 7) is 11.2. The van der Waals surface area contributed by atoms with Crippen LogP contribution in [0.2, 0.25) is 0 Å². The number of nitrogens with one attached hydrogen (secondary N) is 1. The molecule has 5 fully saturated rings. The Morgan fingerprint density at radius 3 is 2.67 bits per heavy atom. The Morgan fingerprint density at radius 2 is 1.90 bits per heavy atom. The van der Waals surface area contributed by atoms with Gasteiger partial charge in [0.25, 0.3) is 0 Å². The quantitative estimate of drug-likeness (QED) is 0.530. The summed E-state index contributed by atoms with van der Waals surface area (Å²) in [5, 5.41) is 14.1. The Kier molecular flexibility index (Phi) is 4.44. The molecule has 2 aliphatic heterocycles. The Labute approximate surface area is 183 Å². The van der Waals surface area contributed by atoms with Crippen LogP contribution in [0.25, 0.3) is 0 Å². The van der Waals surface area contributed by atoms with Crippen LogP contribution in [0.4, 0.5) is 0 Å². The van der Waals surface area contributed by atoms with Gasteiger partial charge in [-0.2, -0.15) is 0 Å². The van der Waals surface area contributed by atoms with Crippen LogP contribution in [0.5, 0.6) is 0 Å². The highest BCUT2D eigenvalue weighted by atomic mass is 16.5. The van der Waals surface area contributed by atoms with E-state index in [9.17, 15) is 5.11 Å². The molecule has 3 saturated carbocycles. The maximum atomic E-state index is 10.3. The summed E-state index contributed by atoms with van der Waals surface area (Å²) in [6.07, 6.45) is 13.8. The molecule has 0 aromatic rings. The van der Waals surface area contributed by atoms with Crippen molar-refractivity contribution >= 4 is 0 Å². The minimum atomic E-state index is -0.100. The zero-order chi connectivity index (χ0) is 20.9. The fourth-order valence-electron chi connectivity index (χ4n) is 9.84. The smallest absolute Gasteiger partial charge is 0.122 e. The first-order chi connectivity index (χ1) is 14.3. The molecule has 3 heteroatoms. The SMILES string of the molecule is CC1CC[C@@]2(NC1)O[C@H]1C[C@H]3[C@@H]4CC=C5CC(O)CC[C@]5(C)[C@H]4CC[C@]3(C)[C@H]1[C@@H]2C. The summed E-state index contributed by atoms with van der Waals surface area (Å²) in [7, 11) is 0. The van der Waals surface area contributed by atoms with Crippen molar-refractivity contribution < 1.29 is 9.84 Å². The molecule has 2 N–H and O–H groups in total. The van der Waals surface area contributed by atoms with E-state index in [1.165, 1.54) is 44.9 Å². The second-order valence-corrected chi connectivity index (χ2v) is 12.8. The van der Waals surface area contributed by atoms with Crippen molar-refractivity contribution in [3.05, 3.63) is 11.6 Å². The highest BCUT2D eigenvalue weighted by Gasteiger charge is 2.68. The van der Waals surface area contributed by atoms with E-state index in [-0.39, 0.29) is 11.8 Å². The topological polar surface area (TPSA) is 41.5 Å². The number of piperidine rings is 1. The van der Waals surface area contributed by atoms with Gasteiger partial charge in [-0.25, -0.2) is 0 Å². The summed E-state index contributed by atoms with van der Waals surface area (Å²) < 4.78 is 7.00. The van der Waals surface area contributed by atoms with Gasteiger partial charge in [0.2, 0.25) is 0 Å². The van der Waals surface area contributed by atoms with Gasteiger partial charge in [0, 0.05) is 12.5 Å². The van der Waals surface area contributed by atoms with E-state index >= 15 is 0 Å². The monoisotopic (exact) mass is 413 g/mol. The highest BCUT2D eigenvalue weighted by molar-refractivity contribution is 5.26. The van der Waals surface area contributed by atoms with Crippen molar-refractivity contribution in [2.45, 2.75) is 103 Å². The zero-order valence-electron chi connectivity index (χ0n) is 19.6. The third-order valence-electron chi connectivity index (χ3n) is 11.6. The lowest BCUT2D eigenvalue weighted by atomic mass is 9.47. The van der Waals surface area contributed by atoms with Gasteiger partial charge in [-0.1, -0.05) is 39.3 Å². The van der Waals surface area contributed by atoms with E-state index in [2.05, 4.69) is 39.1 Å². The molecule has 3 nitrogen and oxygen atoms in total. The molecule has 168 valence electrons.